The average molecular weight is 223 g/mol. The minimum Gasteiger partial charge on any atom is -0.337 e. The number of piperazine rings is 1. The number of nitrogens with two attached hydrogens (primary N) is 1. The maximum Gasteiger partial charge on any atom is 0.222 e. The molecule has 0 radical (unpaired) electrons. The number of rotatable bonds is 1. The molecule has 2 N–H and O–H groups in total. The summed E-state index contributed by atoms with van der Waals surface area (Å²) in [6.07, 6.45) is 5.41. The lowest BCUT2D eigenvalue weighted by atomic mass is 10.1. The van der Waals surface area contributed by atoms with Crippen molar-refractivity contribution in [1.82, 2.24) is 9.80 Å². The first-order valence-electron chi connectivity index (χ1n) is 6.53. The predicted molar refractivity (Wildman–Crippen MR) is 61.9 cm³/mol. The third-order valence-corrected chi connectivity index (χ3v) is 4.49. The van der Waals surface area contributed by atoms with Gasteiger partial charge in [0.25, 0.3) is 0 Å². The van der Waals surface area contributed by atoms with Crippen molar-refractivity contribution in [3.63, 3.8) is 0 Å². The Balaban J connectivity index is 1.62. The van der Waals surface area contributed by atoms with Crippen LogP contribution in [0.2, 0.25) is 0 Å². The Bertz CT molecular complexity index is 294. The van der Waals surface area contributed by atoms with E-state index in [2.05, 4.69) is 9.80 Å². The molecule has 3 rings (SSSR count). The molecule has 1 aliphatic carbocycles. The van der Waals surface area contributed by atoms with Gasteiger partial charge in [0, 0.05) is 44.2 Å². The molecular formula is C12H21N3O. The molecule has 0 spiro atoms. The first-order valence-corrected chi connectivity index (χ1v) is 6.53. The second-order valence-corrected chi connectivity index (χ2v) is 5.50. The van der Waals surface area contributed by atoms with Gasteiger partial charge < -0.3 is 10.6 Å². The summed E-state index contributed by atoms with van der Waals surface area (Å²) in [5.74, 6) is 0.368. The number of nitrogens with zero attached hydrogens (tertiary/aromatic N) is 2. The summed E-state index contributed by atoms with van der Waals surface area (Å²) in [6, 6.07) is 1.60. The van der Waals surface area contributed by atoms with Gasteiger partial charge in [-0.1, -0.05) is 0 Å². The summed E-state index contributed by atoms with van der Waals surface area (Å²) in [5, 5.41) is 0. The van der Waals surface area contributed by atoms with E-state index in [-0.39, 0.29) is 0 Å². The van der Waals surface area contributed by atoms with E-state index in [0.717, 1.165) is 38.9 Å². The number of carbonyl (C=O) groups excluding carboxylic acids is 1. The second kappa shape index (κ2) is 4.00. The Morgan fingerprint density at radius 1 is 1.12 bits per heavy atom. The molecular weight excluding hydrogens is 202 g/mol. The Morgan fingerprint density at radius 3 is 2.75 bits per heavy atom. The lowest BCUT2D eigenvalue weighted by molar-refractivity contribution is -0.131. The van der Waals surface area contributed by atoms with E-state index in [1.807, 2.05) is 0 Å². The molecule has 2 heterocycles. The fourth-order valence-electron chi connectivity index (χ4n) is 3.54. The van der Waals surface area contributed by atoms with Crippen molar-refractivity contribution in [2.75, 3.05) is 19.6 Å². The van der Waals surface area contributed by atoms with Gasteiger partial charge in [-0.05, 0) is 25.7 Å². The van der Waals surface area contributed by atoms with Crippen molar-refractivity contribution in [3.8, 4) is 0 Å². The van der Waals surface area contributed by atoms with E-state index in [0.29, 0.717) is 24.0 Å². The van der Waals surface area contributed by atoms with Gasteiger partial charge in [-0.25, -0.2) is 0 Å². The van der Waals surface area contributed by atoms with Gasteiger partial charge in [0.15, 0.2) is 0 Å². The molecule has 3 atom stereocenters. The summed E-state index contributed by atoms with van der Waals surface area (Å²) in [7, 11) is 0. The Kier molecular flexibility index (Phi) is 2.64. The highest BCUT2D eigenvalue weighted by Crippen LogP contribution is 2.28. The molecule has 90 valence electrons. The second-order valence-electron chi connectivity index (χ2n) is 5.50. The zero-order chi connectivity index (χ0) is 11.1. The number of hydrogen-bond donors (Lipinski definition) is 1. The zero-order valence-electron chi connectivity index (χ0n) is 9.77. The molecule has 0 unspecified atom stereocenters. The van der Waals surface area contributed by atoms with Crippen LogP contribution in [-0.2, 0) is 4.79 Å². The van der Waals surface area contributed by atoms with E-state index in [9.17, 15) is 4.79 Å². The molecule has 4 heteroatoms. The highest BCUT2D eigenvalue weighted by atomic mass is 16.2. The van der Waals surface area contributed by atoms with E-state index < -0.39 is 0 Å². The van der Waals surface area contributed by atoms with Gasteiger partial charge in [-0.2, -0.15) is 0 Å². The Morgan fingerprint density at radius 2 is 2.00 bits per heavy atom. The van der Waals surface area contributed by atoms with Crippen molar-refractivity contribution < 1.29 is 4.79 Å². The minimum atomic E-state index is 0.368. The normalized spacial score (nSPS) is 40.4. The molecule has 4 nitrogen and oxygen atoms in total. The largest absolute Gasteiger partial charge is 0.337 e. The number of amides is 1. The van der Waals surface area contributed by atoms with E-state index in [1.54, 1.807) is 0 Å². The van der Waals surface area contributed by atoms with Crippen LogP contribution in [0.1, 0.15) is 32.1 Å². The lowest BCUT2D eigenvalue weighted by Gasteiger charge is -2.40. The molecule has 3 aliphatic rings. The van der Waals surface area contributed by atoms with Crippen LogP contribution in [0.4, 0.5) is 0 Å². The van der Waals surface area contributed by atoms with Gasteiger partial charge in [0.2, 0.25) is 5.91 Å². The maximum atomic E-state index is 11.6. The molecule has 16 heavy (non-hydrogen) atoms. The third-order valence-electron chi connectivity index (χ3n) is 4.49. The van der Waals surface area contributed by atoms with Crippen molar-refractivity contribution in [3.05, 3.63) is 0 Å². The minimum absolute atomic E-state index is 0.368. The van der Waals surface area contributed by atoms with Crippen LogP contribution >= 0.6 is 0 Å². The van der Waals surface area contributed by atoms with Gasteiger partial charge in [-0.15, -0.1) is 0 Å². The van der Waals surface area contributed by atoms with Crippen LogP contribution in [0.5, 0.6) is 0 Å². The molecule has 1 saturated carbocycles. The van der Waals surface area contributed by atoms with Gasteiger partial charge in [0.05, 0.1) is 0 Å². The maximum absolute atomic E-state index is 11.6. The average Bonchev–Trinajstić information content (AvgIpc) is 2.86. The fraction of sp³-hybridized carbons (Fsp3) is 0.917. The Hall–Kier alpha value is -0.610. The van der Waals surface area contributed by atoms with Crippen molar-refractivity contribution in [1.29, 1.82) is 0 Å². The van der Waals surface area contributed by atoms with Crippen LogP contribution in [0.3, 0.4) is 0 Å². The molecule has 0 aromatic carbocycles. The first-order chi connectivity index (χ1) is 7.74. The van der Waals surface area contributed by atoms with E-state index in [1.165, 1.54) is 12.8 Å². The van der Waals surface area contributed by atoms with Crippen LogP contribution in [-0.4, -0.2) is 53.5 Å². The topological polar surface area (TPSA) is 49.6 Å². The zero-order valence-corrected chi connectivity index (χ0v) is 9.77. The van der Waals surface area contributed by atoms with Crippen LogP contribution in [0, 0.1) is 0 Å². The molecule has 2 aliphatic heterocycles. The lowest BCUT2D eigenvalue weighted by Crippen LogP contribution is -2.54. The molecule has 0 bridgehead atoms. The van der Waals surface area contributed by atoms with Crippen LogP contribution < -0.4 is 5.73 Å². The first kappa shape index (κ1) is 10.5. The number of hydrogen-bond acceptors (Lipinski definition) is 3. The van der Waals surface area contributed by atoms with Gasteiger partial charge in [0.1, 0.15) is 0 Å². The van der Waals surface area contributed by atoms with E-state index >= 15 is 0 Å². The summed E-state index contributed by atoms with van der Waals surface area (Å²) < 4.78 is 0. The van der Waals surface area contributed by atoms with E-state index in [4.69, 9.17) is 5.73 Å². The smallest absolute Gasteiger partial charge is 0.222 e. The number of carbonyl (C=O) groups is 1. The molecule has 0 aromatic rings. The van der Waals surface area contributed by atoms with Crippen molar-refractivity contribution in [2.45, 2.75) is 50.2 Å². The fourth-order valence-corrected chi connectivity index (χ4v) is 3.54. The number of fused-ring (bicyclic) bond motifs is 1. The van der Waals surface area contributed by atoms with Gasteiger partial charge >= 0.3 is 0 Å². The SMILES string of the molecule is N[C@@H]1CC[C@@H](N2CCN3C(=O)CC[C@H]3C2)C1. The summed E-state index contributed by atoms with van der Waals surface area (Å²) >= 11 is 0. The third kappa shape index (κ3) is 1.74. The standard InChI is InChI=1S/C12H21N3O/c13-9-1-2-10(7-9)14-5-6-15-11(8-14)3-4-12(15)16/h9-11H,1-8,13H2/t9-,10-,11+/m1/s1. The van der Waals surface area contributed by atoms with Crippen LogP contribution in [0.25, 0.3) is 0 Å². The summed E-state index contributed by atoms with van der Waals surface area (Å²) in [6.45, 7) is 3.08. The monoisotopic (exact) mass is 223 g/mol. The van der Waals surface area contributed by atoms with Crippen LogP contribution in [0.15, 0.2) is 0 Å². The van der Waals surface area contributed by atoms with Crippen molar-refractivity contribution >= 4 is 5.91 Å². The highest BCUT2D eigenvalue weighted by Gasteiger charge is 2.38. The van der Waals surface area contributed by atoms with Crippen molar-refractivity contribution in [2.24, 2.45) is 5.73 Å². The Labute approximate surface area is 96.8 Å². The molecule has 2 saturated heterocycles. The molecule has 3 fully saturated rings. The highest BCUT2D eigenvalue weighted by molar-refractivity contribution is 5.78. The molecule has 0 aromatic heterocycles. The summed E-state index contributed by atoms with van der Waals surface area (Å²) in [4.78, 5) is 16.2. The quantitative estimate of drug-likeness (QED) is 0.689. The predicted octanol–water partition coefficient (Wildman–Crippen LogP) is 0.173. The summed E-state index contributed by atoms with van der Waals surface area (Å²) in [5.41, 5.74) is 5.97. The molecule has 1 amide bonds. The van der Waals surface area contributed by atoms with Gasteiger partial charge in [-0.3, -0.25) is 9.69 Å².